The summed E-state index contributed by atoms with van der Waals surface area (Å²) in [4.78, 5) is 1.28. The summed E-state index contributed by atoms with van der Waals surface area (Å²) in [6.07, 6.45) is 1.04. The number of ether oxygens (including phenoxy) is 1. The van der Waals surface area contributed by atoms with Crippen molar-refractivity contribution in [3.05, 3.63) is 29.8 Å². The maximum atomic E-state index is 5.87. The van der Waals surface area contributed by atoms with Crippen LogP contribution in [0.2, 0.25) is 0 Å². The lowest BCUT2D eigenvalue weighted by atomic mass is 10.1. The predicted octanol–water partition coefficient (Wildman–Crippen LogP) is 3.61. The molecule has 0 amide bonds. The van der Waals surface area contributed by atoms with Crippen LogP contribution in [0.25, 0.3) is 0 Å². The SMILES string of the molecule is COC(C)(C)CCSc1cccc(C(C)N)c1. The van der Waals surface area contributed by atoms with E-state index in [9.17, 15) is 0 Å². The molecule has 1 atom stereocenters. The van der Waals surface area contributed by atoms with Crippen LogP contribution >= 0.6 is 11.8 Å². The highest BCUT2D eigenvalue weighted by atomic mass is 32.2. The molecule has 0 radical (unpaired) electrons. The monoisotopic (exact) mass is 253 g/mol. The van der Waals surface area contributed by atoms with E-state index in [1.807, 2.05) is 18.7 Å². The quantitative estimate of drug-likeness (QED) is 0.787. The van der Waals surface area contributed by atoms with Gasteiger partial charge in [0, 0.05) is 23.8 Å². The van der Waals surface area contributed by atoms with Gasteiger partial charge >= 0.3 is 0 Å². The fourth-order valence-corrected chi connectivity index (χ4v) is 2.63. The Balaban J connectivity index is 2.50. The molecule has 1 aromatic carbocycles. The Labute approximate surface area is 109 Å². The molecule has 0 aliphatic rings. The molecule has 0 saturated carbocycles. The minimum atomic E-state index is -0.0359. The molecule has 1 aromatic rings. The van der Waals surface area contributed by atoms with Gasteiger partial charge in [0.15, 0.2) is 0 Å². The first kappa shape index (κ1) is 14.6. The van der Waals surface area contributed by atoms with Gasteiger partial charge in [-0.15, -0.1) is 11.8 Å². The molecule has 3 heteroatoms. The zero-order valence-corrected chi connectivity index (χ0v) is 12.0. The zero-order valence-electron chi connectivity index (χ0n) is 11.2. The van der Waals surface area contributed by atoms with E-state index < -0.39 is 0 Å². The van der Waals surface area contributed by atoms with Crippen molar-refractivity contribution >= 4 is 11.8 Å². The molecule has 2 N–H and O–H groups in total. The summed E-state index contributed by atoms with van der Waals surface area (Å²) in [7, 11) is 1.77. The Bertz CT molecular complexity index is 350. The number of rotatable bonds is 6. The number of nitrogens with two attached hydrogens (primary N) is 1. The van der Waals surface area contributed by atoms with Crippen LogP contribution in [-0.2, 0) is 4.74 Å². The van der Waals surface area contributed by atoms with Gasteiger partial charge in [0.1, 0.15) is 0 Å². The van der Waals surface area contributed by atoms with Crippen LogP contribution in [-0.4, -0.2) is 18.5 Å². The van der Waals surface area contributed by atoms with E-state index >= 15 is 0 Å². The van der Waals surface area contributed by atoms with Gasteiger partial charge in [0.25, 0.3) is 0 Å². The average Bonchev–Trinajstić information content (AvgIpc) is 2.29. The van der Waals surface area contributed by atoms with Crippen molar-refractivity contribution in [2.75, 3.05) is 12.9 Å². The maximum absolute atomic E-state index is 5.87. The van der Waals surface area contributed by atoms with Crippen molar-refractivity contribution in [1.29, 1.82) is 0 Å². The van der Waals surface area contributed by atoms with Crippen LogP contribution in [0.3, 0.4) is 0 Å². The second-order valence-electron chi connectivity index (χ2n) is 4.92. The minimum absolute atomic E-state index is 0.0359. The molecular weight excluding hydrogens is 230 g/mol. The van der Waals surface area contributed by atoms with Gasteiger partial charge in [-0.25, -0.2) is 0 Å². The third kappa shape index (κ3) is 5.11. The topological polar surface area (TPSA) is 35.2 Å². The summed E-state index contributed by atoms with van der Waals surface area (Å²) < 4.78 is 5.40. The molecule has 0 fully saturated rings. The number of hydrogen-bond donors (Lipinski definition) is 1. The van der Waals surface area contributed by atoms with Crippen molar-refractivity contribution in [1.82, 2.24) is 0 Å². The van der Waals surface area contributed by atoms with E-state index in [0.29, 0.717) is 0 Å². The van der Waals surface area contributed by atoms with E-state index in [4.69, 9.17) is 10.5 Å². The number of thioether (sulfide) groups is 1. The predicted molar refractivity (Wildman–Crippen MR) is 75.5 cm³/mol. The molecule has 0 saturated heterocycles. The molecule has 0 aromatic heterocycles. The fourth-order valence-electron chi connectivity index (χ4n) is 1.40. The molecule has 0 heterocycles. The highest BCUT2D eigenvalue weighted by Crippen LogP contribution is 2.25. The van der Waals surface area contributed by atoms with Crippen molar-refractivity contribution in [3.8, 4) is 0 Å². The van der Waals surface area contributed by atoms with Gasteiger partial charge in [0.05, 0.1) is 5.60 Å². The van der Waals surface area contributed by atoms with Crippen molar-refractivity contribution < 1.29 is 4.74 Å². The van der Waals surface area contributed by atoms with Gasteiger partial charge in [0.2, 0.25) is 0 Å². The largest absolute Gasteiger partial charge is 0.379 e. The summed E-state index contributed by atoms with van der Waals surface area (Å²) in [6.45, 7) is 6.25. The van der Waals surface area contributed by atoms with E-state index in [1.165, 1.54) is 10.5 Å². The zero-order chi connectivity index (χ0) is 12.9. The normalized spacial score (nSPS) is 13.7. The van der Waals surface area contributed by atoms with Crippen LogP contribution in [0.1, 0.15) is 38.8 Å². The third-order valence-corrected chi connectivity index (χ3v) is 3.90. The lowest BCUT2D eigenvalue weighted by Gasteiger charge is -2.22. The Hall–Kier alpha value is -0.510. The van der Waals surface area contributed by atoms with Crippen molar-refractivity contribution in [3.63, 3.8) is 0 Å². The second-order valence-corrected chi connectivity index (χ2v) is 6.09. The molecule has 17 heavy (non-hydrogen) atoms. The summed E-state index contributed by atoms with van der Waals surface area (Å²) >= 11 is 1.86. The van der Waals surface area contributed by atoms with Gasteiger partial charge in [-0.2, -0.15) is 0 Å². The van der Waals surface area contributed by atoms with Gasteiger partial charge in [-0.05, 0) is 44.9 Å². The maximum Gasteiger partial charge on any atom is 0.0630 e. The van der Waals surface area contributed by atoms with E-state index in [-0.39, 0.29) is 11.6 Å². The van der Waals surface area contributed by atoms with Crippen LogP contribution in [0.15, 0.2) is 29.2 Å². The standard InChI is InChI=1S/C14H23NOS/c1-11(15)12-6-5-7-13(10-12)17-9-8-14(2,3)16-4/h5-7,10-11H,8-9,15H2,1-4H3. The molecule has 96 valence electrons. The van der Waals surface area contributed by atoms with Crippen molar-refractivity contribution in [2.45, 2.75) is 43.7 Å². The second kappa shape index (κ2) is 6.43. The van der Waals surface area contributed by atoms with E-state index in [2.05, 4.69) is 38.1 Å². The number of methoxy groups -OCH3 is 1. The van der Waals surface area contributed by atoms with E-state index in [0.717, 1.165) is 12.2 Å². The molecule has 2 nitrogen and oxygen atoms in total. The molecule has 0 aliphatic heterocycles. The highest BCUT2D eigenvalue weighted by molar-refractivity contribution is 7.99. The first-order valence-corrected chi connectivity index (χ1v) is 6.97. The fraction of sp³-hybridized carbons (Fsp3) is 0.571. The molecule has 0 spiro atoms. The van der Waals surface area contributed by atoms with Gasteiger partial charge < -0.3 is 10.5 Å². The first-order valence-electron chi connectivity index (χ1n) is 5.98. The summed E-state index contributed by atoms with van der Waals surface area (Å²) in [6, 6.07) is 8.56. The summed E-state index contributed by atoms with van der Waals surface area (Å²) in [5.74, 6) is 1.06. The molecule has 0 aliphatic carbocycles. The number of benzene rings is 1. The average molecular weight is 253 g/mol. The Morgan fingerprint density at radius 3 is 2.71 bits per heavy atom. The van der Waals surface area contributed by atoms with E-state index in [1.54, 1.807) is 7.11 Å². The van der Waals surface area contributed by atoms with Crippen LogP contribution < -0.4 is 5.73 Å². The Kier molecular flexibility index (Phi) is 5.50. The summed E-state index contributed by atoms with van der Waals surface area (Å²) in [5, 5.41) is 0. The van der Waals surface area contributed by atoms with Crippen LogP contribution in [0.5, 0.6) is 0 Å². The van der Waals surface area contributed by atoms with Gasteiger partial charge in [-0.3, -0.25) is 0 Å². The summed E-state index contributed by atoms with van der Waals surface area (Å²) in [5.41, 5.74) is 7.03. The Morgan fingerprint density at radius 2 is 2.12 bits per heavy atom. The minimum Gasteiger partial charge on any atom is -0.379 e. The highest BCUT2D eigenvalue weighted by Gasteiger charge is 2.15. The number of hydrogen-bond acceptors (Lipinski definition) is 3. The van der Waals surface area contributed by atoms with Crippen molar-refractivity contribution in [2.24, 2.45) is 5.73 Å². The molecule has 1 rings (SSSR count). The molecule has 1 unspecified atom stereocenters. The smallest absolute Gasteiger partial charge is 0.0630 e. The van der Waals surface area contributed by atoms with Gasteiger partial charge in [-0.1, -0.05) is 12.1 Å². The molecular formula is C14H23NOS. The third-order valence-electron chi connectivity index (χ3n) is 2.91. The Morgan fingerprint density at radius 1 is 1.41 bits per heavy atom. The van der Waals surface area contributed by atoms with Crippen LogP contribution in [0, 0.1) is 0 Å². The first-order chi connectivity index (χ1) is 7.94. The lowest BCUT2D eigenvalue weighted by molar-refractivity contribution is 0.0207. The lowest BCUT2D eigenvalue weighted by Crippen LogP contribution is -2.22. The van der Waals surface area contributed by atoms with Crippen LogP contribution in [0.4, 0.5) is 0 Å². The molecule has 0 bridgehead atoms.